The number of rotatable bonds is 10. The van der Waals surface area contributed by atoms with Crippen molar-refractivity contribution < 1.29 is 24.2 Å². The number of halogens is 1. The van der Waals surface area contributed by atoms with Crippen LogP contribution in [0, 0.1) is 0 Å². The molecule has 100 valence electrons. The van der Waals surface area contributed by atoms with E-state index >= 15 is 0 Å². The summed E-state index contributed by atoms with van der Waals surface area (Å²) < 4.78 is 11.9. The smallest absolute Gasteiger partial charge is 0.321 e. The van der Waals surface area contributed by atoms with Crippen LogP contribution in [-0.4, -0.2) is 59.0 Å². The van der Waals surface area contributed by atoms with Crippen LogP contribution in [0.4, 0.5) is 4.39 Å². The van der Waals surface area contributed by atoms with Gasteiger partial charge in [0.2, 0.25) is 0 Å². The van der Waals surface area contributed by atoms with E-state index < -0.39 is 30.7 Å². The molecule has 0 heterocycles. The third kappa shape index (κ3) is 8.25. The van der Waals surface area contributed by atoms with Crippen molar-refractivity contribution >= 4 is 33.5 Å². The SMILES string of the molecule is NC(CSSCC(NCCF)C(=O)O)C(=O)O. The van der Waals surface area contributed by atoms with Crippen LogP contribution in [0.5, 0.6) is 0 Å². The van der Waals surface area contributed by atoms with E-state index in [1.807, 2.05) is 0 Å². The Morgan fingerprint density at radius 2 is 1.82 bits per heavy atom. The van der Waals surface area contributed by atoms with Crippen molar-refractivity contribution in [1.29, 1.82) is 0 Å². The number of hydrogen-bond donors (Lipinski definition) is 4. The van der Waals surface area contributed by atoms with Gasteiger partial charge in [0, 0.05) is 18.1 Å². The van der Waals surface area contributed by atoms with Crippen molar-refractivity contribution in [2.45, 2.75) is 12.1 Å². The second-order valence-corrected chi connectivity index (χ2v) is 5.60. The summed E-state index contributed by atoms with van der Waals surface area (Å²) in [6, 6.07) is -1.81. The van der Waals surface area contributed by atoms with E-state index in [0.717, 1.165) is 0 Å². The molecule has 0 rings (SSSR count). The molecule has 2 unspecified atom stereocenters. The molecule has 6 nitrogen and oxygen atoms in total. The highest BCUT2D eigenvalue weighted by Gasteiger charge is 2.17. The number of aliphatic carboxylic acids is 2. The third-order valence-corrected chi connectivity index (χ3v) is 4.11. The van der Waals surface area contributed by atoms with Gasteiger partial charge in [-0.05, 0) is 0 Å². The Bertz CT molecular complexity index is 258. The lowest BCUT2D eigenvalue weighted by molar-refractivity contribution is -0.139. The monoisotopic (exact) mass is 286 g/mol. The molecule has 0 spiro atoms. The second kappa shape index (κ2) is 9.51. The Hall–Kier alpha value is -0.510. The highest BCUT2D eigenvalue weighted by atomic mass is 33.1. The van der Waals surface area contributed by atoms with Crippen LogP contribution in [0.15, 0.2) is 0 Å². The molecule has 0 aliphatic rings. The van der Waals surface area contributed by atoms with E-state index in [9.17, 15) is 14.0 Å². The predicted molar refractivity (Wildman–Crippen MR) is 65.9 cm³/mol. The van der Waals surface area contributed by atoms with Crippen molar-refractivity contribution in [2.24, 2.45) is 5.73 Å². The molecule has 0 saturated carbocycles. The first kappa shape index (κ1) is 16.5. The molecule has 0 bridgehead atoms. The molecule has 5 N–H and O–H groups in total. The van der Waals surface area contributed by atoms with Gasteiger partial charge in [-0.15, -0.1) is 0 Å². The highest BCUT2D eigenvalue weighted by Crippen LogP contribution is 2.22. The molecule has 0 aromatic rings. The zero-order valence-corrected chi connectivity index (χ0v) is 10.6. The van der Waals surface area contributed by atoms with E-state index in [0.29, 0.717) is 0 Å². The minimum Gasteiger partial charge on any atom is -0.480 e. The first-order valence-electron chi connectivity index (χ1n) is 4.74. The van der Waals surface area contributed by atoms with E-state index in [4.69, 9.17) is 15.9 Å². The molecular formula is C8H15FN2O4S2. The van der Waals surface area contributed by atoms with Crippen LogP contribution in [-0.2, 0) is 9.59 Å². The minimum absolute atomic E-state index is 0.0170. The standard InChI is InChI=1S/C8H15FN2O4S2/c9-1-2-11-6(8(14)15)4-17-16-3-5(10)7(12)13/h5-6,11H,1-4,10H2,(H,12,13)(H,14,15). The first-order valence-corrected chi connectivity index (χ1v) is 7.22. The number of alkyl halides is 1. The summed E-state index contributed by atoms with van der Waals surface area (Å²) in [5.74, 6) is -1.75. The summed E-state index contributed by atoms with van der Waals surface area (Å²) >= 11 is 0. The zero-order valence-electron chi connectivity index (χ0n) is 8.97. The van der Waals surface area contributed by atoms with Crippen LogP contribution >= 0.6 is 21.6 Å². The maximum atomic E-state index is 11.9. The number of carboxylic acid groups (broad SMARTS) is 2. The quantitative estimate of drug-likeness (QED) is 0.322. The molecule has 0 aliphatic carbocycles. The fourth-order valence-corrected chi connectivity index (χ4v) is 3.06. The van der Waals surface area contributed by atoms with Crippen LogP contribution in [0.25, 0.3) is 0 Å². The van der Waals surface area contributed by atoms with Crippen LogP contribution < -0.4 is 11.1 Å². The van der Waals surface area contributed by atoms with E-state index in [2.05, 4.69) is 5.32 Å². The molecule has 0 aromatic carbocycles. The summed E-state index contributed by atoms with van der Waals surface area (Å²) in [6.45, 7) is -0.650. The van der Waals surface area contributed by atoms with E-state index in [1.54, 1.807) is 0 Å². The lowest BCUT2D eigenvalue weighted by Gasteiger charge is -2.12. The van der Waals surface area contributed by atoms with Gasteiger partial charge in [0.1, 0.15) is 18.8 Å². The number of nitrogens with two attached hydrogens (primary N) is 1. The molecule has 9 heteroatoms. The van der Waals surface area contributed by atoms with Gasteiger partial charge in [-0.2, -0.15) is 0 Å². The van der Waals surface area contributed by atoms with Crippen molar-refractivity contribution in [1.82, 2.24) is 5.32 Å². The Labute approximate surface area is 106 Å². The molecule has 0 aliphatic heterocycles. The summed E-state index contributed by atoms with van der Waals surface area (Å²) in [4.78, 5) is 21.1. The van der Waals surface area contributed by atoms with Crippen LogP contribution in [0.2, 0.25) is 0 Å². The minimum atomic E-state index is -1.09. The predicted octanol–water partition coefficient (Wildman–Crippen LogP) is -0.208. The lowest BCUT2D eigenvalue weighted by atomic mass is 10.3. The van der Waals surface area contributed by atoms with Gasteiger partial charge in [0.15, 0.2) is 0 Å². The van der Waals surface area contributed by atoms with Crippen molar-refractivity contribution in [3.8, 4) is 0 Å². The summed E-state index contributed by atoms with van der Waals surface area (Å²) in [5.41, 5.74) is 5.26. The van der Waals surface area contributed by atoms with Crippen LogP contribution in [0.3, 0.4) is 0 Å². The zero-order chi connectivity index (χ0) is 13.3. The number of carbonyl (C=O) groups is 2. The Balaban J connectivity index is 3.75. The third-order valence-electron chi connectivity index (χ3n) is 1.67. The second-order valence-electron chi connectivity index (χ2n) is 3.05. The largest absolute Gasteiger partial charge is 0.480 e. The number of nitrogens with one attached hydrogen (secondary N) is 1. The molecule has 0 amide bonds. The molecular weight excluding hydrogens is 271 g/mol. The van der Waals surface area contributed by atoms with Gasteiger partial charge in [-0.25, -0.2) is 4.39 Å². The van der Waals surface area contributed by atoms with Crippen LogP contribution in [0.1, 0.15) is 0 Å². The number of carboxylic acids is 2. The Morgan fingerprint density at radius 1 is 1.24 bits per heavy atom. The highest BCUT2D eigenvalue weighted by molar-refractivity contribution is 8.76. The van der Waals surface area contributed by atoms with Gasteiger partial charge in [0.05, 0.1) is 0 Å². The molecule has 0 fully saturated rings. The summed E-state index contributed by atoms with van der Waals surface area (Å²) in [5, 5.41) is 19.8. The van der Waals surface area contributed by atoms with Gasteiger partial charge in [-0.1, -0.05) is 21.6 Å². The first-order chi connectivity index (χ1) is 7.99. The lowest BCUT2D eigenvalue weighted by Crippen LogP contribution is -2.39. The van der Waals surface area contributed by atoms with Crippen molar-refractivity contribution in [3.05, 3.63) is 0 Å². The molecule has 2 atom stereocenters. The Kier molecular flexibility index (Phi) is 9.23. The summed E-state index contributed by atoms with van der Waals surface area (Å²) in [6.07, 6.45) is 0. The molecule has 0 saturated heterocycles. The average molecular weight is 286 g/mol. The van der Waals surface area contributed by atoms with Gasteiger partial charge >= 0.3 is 11.9 Å². The van der Waals surface area contributed by atoms with Gasteiger partial charge < -0.3 is 21.3 Å². The number of hydrogen-bond acceptors (Lipinski definition) is 6. The topological polar surface area (TPSA) is 113 Å². The fourth-order valence-electron chi connectivity index (χ4n) is 0.755. The fraction of sp³-hybridized carbons (Fsp3) is 0.750. The normalized spacial score (nSPS) is 14.2. The molecule has 0 radical (unpaired) electrons. The van der Waals surface area contributed by atoms with E-state index in [-0.39, 0.29) is 18.1 Å². The maximum Gasteiger partial charge on any atom is 0.321 e. The molecule has 0 aromatic heterocycles. The van der Waals surface area contributed by atoms with Gasteiger partial charge in [-0.3, -0.25) is 9.59 Å². The van der Waals surface area contributed by atoms with Crippen molar-refractivity contribution in [2.75, 3.05) is 24.7 Å². The van der Waals surface area contributed by atoms with Gasteiger partial charge in [0.25, 0.3) is 0 Å². The molecule has 17 heavy (non-hydrogen) atoms. The summed E-state index contributed by atoms with van der Waals surface area (Å²) in [7, 11) is 2.38. The van der Waals surface area contributed by atoms with Crippen molar-refractivity contribution in [3.63, 3.8) is 0 Å². The average Bonchev–Trinajstić information content (AvgIpc) is 2.27. The Morgan fingerprint density at radius 3 is 2.29 bits per heavy atom. The van der Waals surface area contributed by atoms with E-state index in [1.165, 1.54) is 21.6 Å². The maximum absolute atomic E-state index is 11.9.